The van der Waals surface area contributed by atoms with Crippen molar-refractivity contribution in [2.45, 2.75) is 56.4 Å². The summed E-state index contributed by atoms with van der Waals surface area (Å²) in [5.41, 5.74) is 2.60. The molecule has 0 spiro atoms. The van der Waals surface area contributed by atoms with E-state index in [4.69, 9.17) is 9.94 Å². The number of sulfone groups is 1. The summed E-state index contributed by atoms with van der Waals surface area (Å²) >= 11 is 0. The Morgan fingerprint density at radius 3 is 2.35 bits per heavy atom. The fraction of sp³-hybridized carbons (Fsp3) is 0.500. The molecule has 1 fully saturated rings. The summed E-state index contributed by atoms with van der Waals surface area (Å²) < 4.78 is 29.5. The van der Waals surface area contributed by atoms with Crippen LogP contribution in [0.4, 0.5) is 0 Å². The molecule has 34 heavy (non-hydrogen) atoms. The van der Waals surface area contributed by atoms with Gasteiger partial charge in [-0.3, -0.25) is 14.8 Å². The van der Waals surface area contributed by atoms with Crippen molar-refractivity contribution < 1.29 is 28.3 Å². The molecule has 1 aromatic carbocycles. The standard InChI is InChI=1S/C24H32N2O7S/c1-24(23(29)25-30,34(2,31)32)12-14-26-13-11-19(15-22(26)28)18-5-9-21(10-6-18)33-16-17-3-7-20(27)8-4-17/h5-6,9-11,13,15,17,20,27,30H,3-4,7-8,12,14,16H2,1-2H3,(H,25,29)/t17?,20?,24-/m1/s1. The third-order valence-electron chi connectivity index (χ3n) is 6.72. The van der Waals surface area contributed by atoms with Gasteiger partial charge in [0.2, 0.25) is 0 Å². The third-order valence-corrected chi connectivity index (χ3v) is 8.74. The maximum atomic E-state index is 12.6. The zero-order chi connectivity index (χ0) is 24.9. The molecule has 9 nitrogen and oxygen atoms in total. The normalized spacial score (nSPS) is 20.4. The van der Waals surface area contributed by atoms with Gasteiger partial charge >= 0.3 is 0 Å². The molecule has 1 heterocycles. The highest BCUT2D eigenvalue weighted by Crippen LogP contribution is 2.27. The van der Waals surface area contributed by atoms with E-state index < -0.39 is 20.5 Å². The largest absolute Gasteiger partial charge is 0.493 e. The number of rotatable bonds is 9. The van der Waals surface area contributed by atoms with Crippen molar-refractivity contribution in [1.82, 2.24) is 10.0 Å². The molecule has 1 saturated carbocycles. The number of pyridine rings is 1. The predicted octanol–water partition coefficient (Wildman–Crippen LogP) is 2.14. The second-order valence-electron chi connectivity index (χ2n) is 9.15. The maximum absolute atomic E-state index is 12.6. The predicted molar refractivity (Wildman–Crippen MR) is 127 cm³/mol. The van der Waals surface area contributed by atoms with E-state index in [-0.39, 0.29) is 24.6 Å². The Morgan fingerprint density at radius 2 is 1.79 bits per heavy atom. The van der Waals surface area contributed by atoms with Gasteiger partial charge in [-0.05, 0) is 74.3 Å². The van der Waals surface area contributed by atoms with E-state index in [1.807, 2.05) is 24.3 Å². The van der Waals surface area contributed by atoms with Crippen LogP contribution < -0.4 is 15.8 Å². The minimum Gasteiger partial charge on any atom is -0.493 e. The number of benzene rings is 1. The molecule has 1 aliphatic rings. The number of hydroxylamine groups is 1. The summed E-state index contributed by atoms with van der Waals surface area (Å²) in [5, 5.41) is 18.5. The van der Waals surface area contributed by atoms with Crippen LogP contribution in [0.5, 0.6) is 5.75 Å². The molecule has 0 unspecified atom stereocenters. The molecule has 3 N–H and O–H groups in total. The Balaban J connectivity index is 1.64. The van der Waals surface area contributed by atoms with Gasteiger partial charge in [0, 0.05) is 25.1 Å². The maximum Gasteiger partial charge on any atom is 0.264 e. The Morgan fingerprint density at radius 1 is 1.15 bits per heavy atom. The fourth-order valence-corrected chi connectivity index (χ4v) is 4.91. The molecule has 2 aromatic rings. The van der Waals surface area contributed by atoms with Crippen LogP contribution in [-0.2, 0) is 21.2 Å². The first-order valence-electron chi connectivity index (χ1n) is 11.3. The molecule has 0 aliphatic heterocycles. The molecule has 0 bridgehead atoms. The van der Waals surface area contributed by atoms with Gasteiger partial charge in [0.05, 0.1) is 12.7 Å². The summed E-state index contributed by atoms with van der Waals surface area (Å²) in [6.07, 6.45) is 5.67. The van der Waals surface area contributed by atoms with Gasteiger partial charge in [-0.1, -0.05) is 12.1 Å². The summed E-state index contributed by atoms with van der Waals surface area (Å²) in [6, 6.07) is 10.6. The van der Waals surface area contributed by atoms with E-state index in [0.29, 0.717) is 18.1 Å². The fourth-order valence-electron chi connectivity index (χ4n) is 4.06. The molecule has 0 saturated heterocycles. The second-order valence-corrected chi connectivity index (χ2v) is 11.6. The minimum absolute atomic E-state index is 0.0128. The van der Waals surface area contributed by atoms with Crippen LogP contribution in [0.15, 0.2) is 47.4 Å². The van der Waals surface area contributed by atoms with Crippen molar-refractivity contribution in [3.63, 3.8) is 0 Å². The first-order chi connectivity index (χ1) is 16.0. The SMILES string of the molecule is C[C@@](CCn1ccc(-c2ccc(OCC3CCC(O)CC3)cc2)cc1=O)(C(=O)NO)S(C)(=O)=O. The van der Waals surface area contributed by atoms with Gasteiger partial charge in [0.15, 0.2) is 14.6 Å². The van der Waals surface area contributed by atoms with Crippen LogP contribution in [-0.4, -0.2) is 52.9 Å². The second kappa shape index (κ2) is 10.7. The van der Waals surface area contributed by atoms with Gasteiger partial charge in [0.25, 0.3) is 11.5 Å². The van der Waals surface area contributed by atoms with Crippen molar-refractivity contribution >= 4 is 15.7 Å². The number of aryl methyl sites for hydroxylation is 1. The molecule has 1 aliphatic carbocycles. The van der Waals surface area contributed by atoms with Crippen LogP contribution in [0.2, 0.25) is 0 Å². The van der Waals surface area contributed by atoms with E-state index in [0.717, 1.165) is 43.3 Å². The number of aromatic nitrogens is 1. The van der Waals surface area contributed by atoms with Crippen molar-refractivity contribution in [3.8, 4) is 16.9 Å². The number of aliphatic hydroxyl groups excluding tert-OH is 1. The number of amides is 1. The summed E-state index contributed by atoms with van der Waals surface area (Å²) in [7, 11) is -3.84. The average molecular weight is 493 g/mol. The monoisotopic (exact) mass is 492 g/mol. The van der Waals surface area contributed by atoms with E-state index >= 15 is 0 Å². The summed E-state index contributed by atoms with van der Waals surface area (Å²) in [6.45, 7) is 1.82. The highest BCUT2D eigenvalue weighted by Gasteiger charge is 2.43. The number of carbonyl (C=O) groups excluding carboxylic acids is 1. The zero-order valence-electron chi connectivity index (χ0n) is 19.4. The summed E-state index contributed by atoms with van der Waals surface area (Å²) in [5.74, 6) is 0.150. The highest BCUT2D eigenvalue weighted by molar-refractivity contribution is 7.92. The topological polar surface area (TPSA) is 135 Å². The number of hydrogen-bond donors (Lipinski definition) is 3. The van der Waals surface area contributed by atoms with Gasteiger partial charge in [-0.2, -0.15) is 0 Å². The molecule has 1 atom stereocenters. The number of carbonyl (C=O) groups is 1. The molecule has 3 rings (SSSR count). The molecule has 0 radical (unpaired) electrons. The lowest BCUT2D eigenvalue weighted by molar-refractivity contribution is -0.131. The molecule has 1 aromatic heterocycles. The number of ether oxygens (including phenoxy) is 1. The first-order valence-corrected chi connectivity index (χ1v) is 13.2. The minimum atomic E-state index is -3.84. The molecule has 10 heteroatoms. The van der Waals surface area contributed by atoms with E-state index in [2.05, 4.69) is 0 Å². The number of aliphatic hydroxyl groups is 1. The van der Waals surface area contributed by atoms with Crippen LogP contribution in [0.1, 0.15) is 39.0 Å². The number of hydrogen-bond acceptors (Lipinski definition) is 7. The Labute approximate surface area is 199 Å². The number of nitrogens with one attached hydrogen (secondary N) is 1. The Hall–Kier alpha value is -2.69. The quantitative estimate of drug-likeness (QED) is 0.361. The lowest BCUT2D eigenvalue weighted by atomic mass is 9.88. The molecule has 186 valence electrons. The van der Waals surface area contributed by atoms with E-state index in [1.165, 1.54) is 23.0 Å². The highest BCUT2D eigenvalue weighted by atomic mass is 32.2. The Bertz CT molecular complexity index is 1150. The van der Waals surface area contributed by atoms with Crippen LogP contribution in [0.3, 0.4) is 0 Å². The van der Waals surface area contributed by atoms with E-state index in [9.17, 15) is 23.1 Å². The molecular weight excluding hydrogens is 460 g/mol. The van der Waals surface area contributed by atoms with E-state index in [1.54, 1.807) is 12.3 Å². The summed E-state index contributed by atoms with van der Waals surface area (Å²) in [4.78, 5) is 24.6. The van der Waals surface area contributed by atoms with Crippen LogP contribution in [0.25, 0.3) is 11.1 Å². The van der Waals surface area contributed by atoms with Crippen molar-refractivity contribution in [2.24, 2.45) is 5.92 Å². The van der Waals surface area contributed by atoms with Crippen molar-refractivity contribution in [2.75, 3.05) is 12.9 Å². The van der Waals surface area contributed by atoms with Gasteiger partial charge in [-0.15, -0.1) is 0 Å². The molecule has 1 amide bonds. The lowest BCUT2D eigenvalue weighted by Crippen LogP contribution is -2.49. The van der Waals surface area contributed by atoms with Crippen LogP contribution >= 0.6 is 0 Å². The smallest absolute Gasteiger partial charge is 0.264 e. The lowest BCUT2D eigenvalue weighted by Gasteiger charge is -2.25. The Kier molecular flexibility index (Phi) is 8.17. The van der Waals surface area contributed by atoms with Crippen molar-refractivity contribution in [1.29, 1.82) is 0 Å². The van der Waals surface area contributed by atoms with Gasteiger partial charge < -0.3 is 14.4 Å². The first kappa shape index (κ1) is 25.9. The number of nitrogens with zero attached hydrogens (tertiary/aromatic N) is 1. The van der Waals surface area contributed by atoms with Gasteiger partial charge in [0.1, 0.15) is 5.75 Å². The van der Waals surface area contributed by atoms with Crippen LogP contribution in [0, 0.1) is 5.92 Å². The zero-order valence-corrected chi connectivity index (χ0v) is 20.3. The molecular formula is C24H32N2O7S. The van der Waals surface area contributed by atoms with Crippen molar-refractivity contribution in [3.05, 3.63) is 52.9 Å². The average Bonchev–Trinajstić information content (AvgIpc) is 2.81. The third kappa shape index (κ3) is 6.05. The van der Waals surface area contributed by atoms with Gasteiger partial charge in [-0.25, -0.2) is 13.9 Å².